The van der Waals surface area contributed by atoms with E-state index in [0.717, 1.165) is 5.56 Å². The summed E-state index contributed by atoms with van der Waals surface area (Å²) in [5.74, 6) is 1.40. The fourth-order valence-electron chi connectivity index (χ4n) is 3.14. The van der Waals surface area contributed by atoms with Crippen molar-refractivity contribution in [2.45, 2.75) is 0 Å². The molecule has 1 aromatic carbocycles. The number of carbonyl (C=O) groups is 1. The number of rotatable bonds is 6. The van der Waals surface area contributed by atoms with Crippen LogP contribution < -0.4 is 10.6 Å². The van der Waals surface area contributed by atoms with Crippen LogP contribution >= 0.6 is 0 Å². The molecule has 1 aliphatic rings. The number of nitrogens with two attached hydrogens (primary N) is 1. The van der Waals surface area contributed by atoms with E-state index in [1.54, 1.807) is 18.2 Å². The molecule has 0 bridgehead atoms. The first-order chi connectivity index (χ1) is 15.2. The summed E-state index contributed by atoms with van der Waals surface area (Å²) in [6.45, 7) is 2.78. The van der Waals surface area contributed by atoms with Gasteiger partial charge in [-0.3, -0.25) is 0 Å². The lowest BCUT2D eigenvalue weighted by Gasteiger charge is -2.34. The Hall–Kier alpha value is -3.73. The summed E-state index contributed by atoms with van der Waals surface area (Å²) in [4.78, 5) is 24.6. The topological polar surface area (TPSA) is 133 Å². The van der Waals surface area contributed by atoms with Gasteiger partial charge in [0.05, 0.1) is 12.8 Å². The maximum Gasteiger partial charge on any atom is 0.409 e. The van der Waals surface area contributed by atoms with Crippen molar-refractivity contribution in [1.29, 1.82) is 0 Å². The van der Waals surface area contributed by atoms with Gasteiger partial charge in [0.1, 0.15) is 12.4 Å². The number of methoxy groups -OCH3 is 1. The van der Waals surface area contributed by atoms with Gasteiger partial charge in [-0.15, -0.1) is 10.2 Å². The molecule has 0 spiro atoms. The second kappa shape index (κ2) is 9.39. The Morgan fingerprint density at radius 2 is 1.84 bits per heavy atom. The molecule has 1 amide bonds. The highest BCUT2D eigenvalue weighted by Gasteiger charge is 2.24. The number of piperazine rings is 1. The third-order valence-corrected chi connectivity index (χ3v) is 4.81. The predicted octanol–water partition coefficient (Wildman–Crippen LogP) is 1.68. The molecule has 0 unspecified atom stereocenters. The summed E-state index contributed by atoms with van der Waals surface area (Å²) < 4.78 is 15.8. The Morgan fingerprint density at radius 3 is 2.58 bits per heavy atom. The molecule has 1 aliphatic heterocycles. The molecule has 1 fully saturated rings. The molecule has 0 aliphatic carbocycles. The SMILES string of the molecule is COCCOC(=O)N1CCN(c2cnc(N)c(-c3nnc(-c4ccccc4)o3)n2)CC1. The number of nitrogen functional groups attached to an aromatic ring is 1. The number of ether oxygens (including phenoxy) is 2. The lowest BCUT2D eigenvalue weighted by atomic mass is 10.2. The number of amides is 1. The first kappa shape index (κ1) is 20.5. The largest absolute Gasteiger partial charge is 0.447 e. The molecule has 0 atom stereocenters. The highest BCUT2D eigenvalue weighted by Crippen LogP contribution is 2.27. The molecular formula is C20H23N7O4. The van der Waals surface area contributed by atoms with Gasteiger partial charge in [0, 0.05) is 38.9 Å². The minimum atomic E-state index is -0.347. The average molecular weight is 425 g/mol. The van der Waals surface area contributed by atoms with Gasteiger partial charge >= 0.3 is 6.09 Å². The first-order valence-corrected chi connectivity index (χ1v) is 9.83. The molecular weight excluding hydrogens is 402 g/mol. The number of aromatic nitrogens is 4. The second-order valence-electron chi connectivity index (χ2n) is 6.82. The van der Waals surface area contributed by atoms with Gasteiger partial charge < -0.3 is 29.4 Å². The molecule has 4 rings (SSSR count). The van der Waals surface area contributed by atoms with E-state index in [2.05, 4.69) is 20.2 Å². The molecule has 3 aromatic rings. The standard InChI is InChI=1S/C20H23N7O4/c1-29-11-12-30-20(28)27-9-7-26(8-10-27)15-13-22-17(21)16(23-15)19-25-24-18(31-19)14-5-3-2-4-6-14/h2-6,13H,7-12H2,1H3,(H2,21,22). The fourth-order valence-corrected chi connectivity index (χ4v) is 3.14. The van der Waals surface area contributed by atoms with Gasteiger partial charge in [-0.2, -0.15) is 0 Å². The third-order valence-electron chi connectivity index (χ3n) is 4.81. The molecule has 11 heteroatoms. The van der Waals surface area contributed by atoms with Crippen LogP contribution in [0, 0.1) is 0 Å². The summed E-state index contributed by atoms with van der Waals surface area (Å²) in [6, 6.07) is 9.44. The molecule has 0 radical (unpaired) electrons. The summed E-state index contributed by atoms with van der Waals surface area (Å²) in [5.41, 5.74) is 7.15. The van der Waals surface area contributed by atoms with Crippen LogP contribution in [0.5, 0.6) is 0 Å². The van der Waals surface area contributed by atoms with Crippen molar-refractivity contribution in [1.82, 2.24) is 25.1 Å². The van der Waals surface area contributed by atoms with E-state index in [9.17, 15) is 4.79 Å². The van der Waals surface area contributed by atoms with Gasteiger partial charge in [-0.25, -0.2) is 14.8 Å². The Balaban J connectivity index is 1.44. The van der Waals surface area contributed by atoms with E-state index < -0.39 is 0 Å². The monoisotopic (exact) mass is 425 g/mol. The molecule has 162 valence electrons. The van der Waals surface area contributed by atoms with Crippen LogP contribution in [0.1, 0.15) is 0 Å². The number of hydrogen-bond acceptors (Lipinski definition) is 10. The maximum absolute atomic E-state index is 12.1. The van der Waals surface area contributed by atoms with Crippen LogP contribution in [0.25, 0.3) is 23.0 Å². The van der Waals surface area contributed by atoms with E-state index in [1.165, 1.54) is 0 Å². The zero-order valence-electron chi connectivity index (χ0n) is 17.1. The van der Waals surface area contributed by atoms with Crippen LogP contribution in [0.15, 0.2) is 40.9 Å². The molecule has 31 heavy (non-hydrogen) atoms. The quantitative estimate of drug-likeness (QED) is 0.582. The van der Waals surface area contributed by atoms with Crippen LogP contribution in [0.4, 0.5) is 16.4 Å². The summed E-state index contributed by atoms with van der Waals surface area (Å²) >= 11 is 0. The highest BCUT2D eigenvalue weighted by molar-refractivity contribution is 5.68. The lowest BCUT2D eigenvalue weighted by Crippen LogP contribution is -2.49. The Bertz CT molecular complexity index is 1020. The molecule has 11 nitrogen and oxygen atoms in total. The van der Waals surface area contributed by atoms with Crippen molar-refractivity contribution in [3.05, 3.63) is 36.5 Å². The first-order valence-electron chi connectivity index (χ1n) is 9.83. The minimum absolute atomic E-state index is 0.200. The van der Waals surface area contributed by atoms with Crippen LogP contribution in [-0.4, -0.2) is 77.7 Å². The van der Waals surface area contributed by atoms with E-state index in [-0.39, 0.29) is 24.4 Å². The zero-order valence-corrected chi connectivity index (χ0v) is 17.1. The smallest absolute Gasteiger partial charge is 0.409 e. The fraction of sp³-hybridized carbons (Fsp3) is 0.350. The number of nitrogens with zero attached hydrogens (tertiary/aromatic N) is 6. The summed E-state index contributed by atoms with van der Waals surface area (Å²) in [5, 5.41) is 8.17. The average Bonchev–Trinajstić information content (AvgIpc) is 3.30. The van der Waals surface area contributed by atoms with Gasteiger partial charge in [0.25, 0.3) is 5.89 Å². The predicted molar refractivity (Wildman–Crippen MR) is 112 cm³/mol. The van der Waals surface area contributed by atoms with Crippen LogP contribution in [-0.2, 0) is 9.47 Å². The van der Waals surface area contributed by atoms with Crippen molar-refractivity contribution in [2.75, 3.05) is 57.1 Å². The van der Waals surface area contributed by atoms with Gasteiger partial charge in [-0.1, -0.05) is 18.2 Å². The number of anilines is 2. The number of carbonyl (C=O) groups excluding carboxylic acids is 1. The van der Waals surface area contributed by atoms with Gasteiger partial charge in [-0.05, 0) is 12.1 Å². The number of benzene rings is 1. The second-order valence-corrected chi connectivity index (χ2v) is 6.82. The normalized spacial score (nSPS) is 14.0. The van der Waals surface area contributed by atoms with Crippen LogP contribution in [0.3, 0.4) is 0 Å². The highest BCUT2D eigenvalue weighted by atomic mass is 16.6. The van der Waals surface area contributed by atoms with E-state index in [1.807, 2.05) is 35.2 Å². The Labute approximate surface area is 178 Å². The van der Waals surface area contributed by atoms with Crippen molar-refractivity contribution in [2.24, 2.45) is 0 Å². The number of hydrogen-bond donors (Lipinski definition) is 1. The molecule has 0 saturated carbocycles. The Morgan fingerprint density at radius 1 is 1.10 bits per heavy atom. The van der Waals surface area contributed by atoms with E-state index in [4.69, 9.17) is 19.6 Å². The van der Waals surface area contributed by atoms with Crippen molar-refractivity contribution in [3.63, 3.8) is 0 Å². The molecule has 1 saturated heterocycles. The van der Waals surface area contributed by atoms with Crippen molar-refractivity contribution >= 4 is 17.7 Å². The van der Waals surface area contributed by atoms with Crippen molar-refractivity contribution < 1.29 is 18.7 Å². The van der Waals surface area contributed by atoms with E-state index in [0.29, 0.717) is 50.2 Å². The molecule has 2 aromatic heterocycles. The maximum atomic E-state index is 12.1. The van der Waals surface area contributed by atoms with Gasteiger partial charge in [0.2, 0.25) is 5.89 Å². The summed E-state index contributed by atoms with van der Waals surface area (Å²) in [7, 11) is 1.56. The summed E-state index contributed by atoms with van der Waals surface area (Å²) in [6.07, 6.45) is 1.25. The Kier molecular flexibility index (Phi) is 6.22. The zero-order chi connectivity index (χ0) is 21.6. The van der Waals surface area contributed by atoms with E-state index >= 15 is 0 Å². The lowest BCUT2D eigenvalue weighted by molar-refractivity contribution is 0.0705. The van der Waals surface area contributed by atoms with Crippen molar-refractivity contribution in [3.8, 4) is 23.0 Å². The van der Waals surface area contributed by atoms with Gasteiger partial charge in [0.15, 0.2) is 11.5 Å². The minimum Gasteiger partial charge on any atom is -0.447 e. The molecule has 3 heterocycles. The van der Waals surface area contributed by atoms with Crippen LogP contribution in [0.2, 0.25) is 0 Å². The molecule has 2 N–H and O–H groups in total. The third kappa shape index (κ3) is 4.72.